The number of carbonyl (C=O) groups excluding carboxylic acids is 2. The van der Waals surface area contributed by atoms with Gasteiger partial charge in [0.2, 0.25) is 5.91 Å². The van der Waals surface area contributed by atoms with Crippen LogP contribution in [0.2, 0.25) is 0 Å². The average molecular weight is 324 g/mol. The highest BCUT2D eigenvalue weighted by atomic mass is 32.2. The van der Waals surface area contributed by atoms with Crippen LogP contribution in [0.3, 0.4) is 0 Å². The summed E-state index contributed by atoms with van der Waals surface area (Å²) >= 11 is 2.87. The first kappa shape index (κ1) is 15.8. The molecule has 0 atom stereocenters. The molecule has 0 saturated carbocycles. The van der Waals surface area contributed by atoms with Gasteiger partial charge >= 0.3 is 5.97 Å². The van der Waals surface area contributed by atoms with E-state index in [1.54, 1.807) is 0 Å². The van der Waals surface area contributed by atoms with Crippen LogP contribution >= 0.6 is 23.1 Å². The summed E-state index contributed by atoms with van der Waals surface area (Å²) in [5.41, 5.74) is 1.61. The van der Waals surface area contributed by atoms with Gasteiger partial charge in [-0.05, 0) is 24.6 Å². The highest BCUT2D eigenvalue weighted by Gasteiger charge is 2.09. The summed E-state index contributed by atoms with van der Waals surface area (Å²) in [6, 6.07) is 5.55. The van der Waals surface area contributed by atoms with Gasteiger partial charge in [0.15, 0.2) is 4.34 Å². The lowest BCUT2D eigenvalue weighted by Gasteiger charge is -2.00. The number of carbonyl (C=O) groups is 2. The zero-order chi connectivity index (χ0) is 15.2. The second kappa shape index (κ2) is 7.42. The van der Waals surface area contributed by atoms with Crippen LogP contribution in [0, 0.1) is 0 Å². The molecule has 1 aromatic carbocycles. The predicted octanol–water partition coefficient (Wildman–Crippen LogP) is 3.30. The molecule has 1 amide bonds. The second-order valence-electron chi connectivity index (χ2n) is 4.35. The van der Waals surface area contributed by atoms with Crippen LogP contribution in [0.1, 0.15) is 20.3 Å². The molecular formula is C14H16N2O3S2. The molecule has 21 heavy (non-hydrogen) atoms. The molecule has 0 radical (unpaired) electrons. The molecule has 0 saturated heterocycles. The van der Waals surface area contributed by atoms with Gasteiger partial charge in [-0.25, -0.2) is 4.98 Å². The first-order valence-electron chi connectivity index (χ1n) is 6.55. The Morgan fingerprint density at radius 3 is 2.95 bits per heavy atom. The normalized spacial score (nSPS) is 10.6. The quantitative estimate of drug-likeness (QED) is 0.652. The van der Waals surface area contributed by atoms with Gasteiger partial charge in [-0.1, -0.05) is 18.7 Å². The Balaban J connectivity index is 2.01. The van der Waals surface area contributed by atoms with Gasteiger partial charge in [0.1, 0.15) is 0 Å². The van der Waals surface area contributed by atoms with E-state index in [2.05, 4.69) is 10.3 Å². The molecule has 0 aliphatic rings. The number of nitrogens with zero attached hydrogens (tertiary/aromatic N) is 1. The maximum Gasteiger partial charge on any atom is 0.316 e. The number of nitrogens with one attached hydrogen (secondary N) is 1. The molecule has 0 aliphatic heterocycles. The zero-order valence-electron chi connectivity index (χ0n) is 11.8. The van der Waals surface area contributed by atoms with Crippen molar-refractivity contribution in [1.82, 2.24) is 4.98 Å². The van der Waals surface area contributed by atoms with Crippen LogP contribution in [-0.4, -0.2) is 29.2 Å². The lowest BCUT2D eigenvalue weighted by atomic mass is 10.3. The maximum atomic E-state index is 11.5. The van der Waals surface area contributed by atoms with Crippen LogP contribution in [0.15, 0.2) is 22.5 Å². The van der Waals surface area contributed by atoms with Crippen LogP contribution < -0.4 is 5.32 Å². The first-order chi connectivity index (χ1) is 10.1. The molecule has 0 unspecified atom stereocenters. The number of hydrogen-bond donors (Lipinski definition) is 1. The van der Waals surface area contributed by atoms with E-state index in [0.717, 1.165) is 26.7 Å². The van der Waals surface area contributed by atoms with Gasteiger partial charge in [0.25, 0.3) is 0 Å². The highest BCUT2D eigenvalue weighted by Crippen LogP contribution is 2.31. The van der Waals surface area contributed by atoms with Crippen molar-refractivity contribution >= 4 is 50.9 Å². The van der Waals surface area contributed by atoms with Crippen molar-refractivity contribution < 1.29 is 14.3 Å². The number of rotatable bonds is 6. The molecule has 7 heteroatoms. The van der Waals surface area contributed by atoms with Crippen molar-refractivity contribution in [3.63, 3.8) is 0 Å². The van der Waals surface area contributed by atoms with Crippen molar-refractivity contribution in [3.8, 4) is 0 Å². The molecule has 0 fully saturated rings. The minimum Gasteiger partial charge on any atom is -0.465 e. The molecule has 1 N–H and O–H groups in total. The molecule has 1 aromatic heterocycles. The monoisotopic (exact) mass is 324 g/mol. The standard InChI is InChI=1S/C14H16N2O3S2/c1-3-6-19-13(18)8-20-14-16-11-5-4-10(15-9(2)17)7-12(11)21-14/h4-5,7H,3,6,8H2,1-2H3,(H,15,17). The van der Waals surface area contributed by atoms with Crippen LogP contribution in [0.25, 0.3) is 10.2 Å². The summed E-state index contributed by atoms with van der Waals surface area (Å²) in [5.74, 6) is -0.0644. The zero-order valence-corrected chi connectivity index (χ0v) is 13.5. The minimum atomic E-state index is -0.222. The Hall–Kier alpha value is -1.60. The molecule has 1 heterocycles. The largest absolute Gasteiger partial charge is 0.465 e. The Labute approximate surface area is 131 Å². The number of ether oxygens (including phenoxy) is 1. The fraction of sp³-hybridized carbons (Fsp3) is 0.357. The van der Waals surface area contributed by atoms with Gasteiger partial charge < -0.3 is 10.1 Å². The Morgan fingerprint density at radius 1 is 1.43 bits per heavy atom. The molecule has 0 spiro atoms. The average Bonchev–Trinajstić information content (AvgIpc) is 2.84. The maximum absolute atomic E-state index is 11.5. The summed E-state index contributed by atoms with van der Waals surface area (Å²) in [7, 11) is 0. The number of amides is 1. The first-order valence-corrected chi connectivity index (χ1v) is 8.35. The number of benzene rings is 1. The van der Waals surface area contributed by atoms with E-state index in [1.165, 1.54) is 30.0 Å². The van der Waals surface area contributed by atoms with E-state index in [1.807, 2.05) is 25.1 Å². The molecule has 2 aromatic rings. The third-order valence-electron chi connectivity index (χ3n) is 2.47. The Morgan fingerprint density at radius 2 is 2.24 bits per heavy atom. The SMILES string of the molecule is CCCOC(=O)CSc1nc2ccc(NC(C)=O)cc2s1. The summed E-state index contributed by atoms with van der Waals surface area (Å²) in [5, 5.41) is 2.74. The van der Waals surface area contributed by atoms with E-state index < -0.39 is 0 Å². The van der Waals surface area contributed by atoms with E-state index in [0.29, 0.717) is 6.61 Å². The molecule has 0 aliphatic carbocycles. The molecule has 5 nitrogen and oxygen atoms in total. The predicted molar refractivity (Wildman–Crippen MR) is 85.9 cm³/mol. The van der Waals surface area contributed by atoms with Crippen molar-refractivity contribution in [2.45, 2.75) is 24.6 Å². The molecule has 112 valence electrons. The fourth-order valence-corrected chi connectivity index (χ4v) is 3.53. The van der Waals surface area contributed by atoms with E-state index in [9.17, 15) is 9.59 Å². The number of aromatic nitrogens is 1. The second-order valence-corrected chi connectivity index (χ2v) is 6.61. The summed E-state index contributed by atoms with van der Waals surface area (Å²) in [6.45, 7) is 3.89. The Kier molecular flexibility index (Phi) is 5.58. The summed E-state index contributed by atoms with van der Waals surface area (Å²) in [4.78, 5) is 26.9. The fourth-order valence-electron chi connectivity index (χ4n) is 1.62. The molecule has 0 bridgehead atoms. The van der Waals surface area contributed by atoms with Crippen LogP contribution in [0.5, 0.6) is 0 Å². The van der Waals surface area contributed by atoms with Crippen LogP contribution in [-0.2, 0) is 14.3 Å². The number of fused-ring (bicyclic) bond motifs is 1. The third kappa shape index (κ3) is 4.71. The minimum absolute atomic E-state index is 0.105. The topological polar surface area (TPSA) is 68.3 Å². The van der Waals surface area contributed by atoms with Crippen LogP contribution in [0.4, 0.5) is 5.69 Å². The van der Waals surface area contributed by atoms with Crippen molar-refractivity contribution in [3.05, 3.63) is 18.2 Å². The van der Waals surface area contributed by atoms with Gasteiger partial charge in [0.05, 0.1) is 22.6 Å². The number of esters is 1. The smallest absolute Gasteiger partial charge is 0.316 e. The highest BCUT2D eigenvalue weighted by molar-refractivity contribution is 8.01. The lowest BCUT2D eigenvalue weighted by molar-refractivity contribution is -0.140. The molecule has 2 rings (SSSR count). The van der Waals surface area contributed by atoms with Crippen molar-refractivity contribution in [1.29, 1.82) is 0 Å². The number of hydrogen-bond acceptors (Lipinski definition) is 6. The number of thiazole rings is 1. The van der Waals surface area contributed by atoms with E-state index >= 15 is 0 Å². The third-order valence-corrected chi connectivity index (χ3v) is 4.60. The Bertz CT molecular complexity index is 655. The number of anilines is 1. The van der Waals surface area contributed by atoms with Gasteiger partial charge in [-0.15, -0.1) is 11.3 Å². The summed E-state index contributed by atoms with van der Waals surface area (Å²) < 4.78 is 6.81. The van der Waals surface area contributed by atoms with E-state index in [4.69, 9.17) is 4.74 Å². The van der Waals surface area contributed by atoms with E-state index in [-0.39, 0.29) is 17.6 Å². The van der Waals surface area contributed by atoms with Gasteiger partial charge in [-0.3, -0.25) is 9.59 Å². The number of thioether (sulfide) groups is 1. The van der Waals surface area contributed by atoms with Crippen molar-refractivity contribution in [2.75, 3.05) is 17.7 Å². The van der Waals surface area contributed by atoms with Gasteiger partial charge in [0, 0.05) is 12.6 Å². The van der Waals surface area contributed by atoms with Gasteiger partial charge in [-0.2, -0.15) is 0 Å². The van der Waals surface area contributed by atoms with Crippen molar-refractivity contribution in [2.24, 2.45) is 0 Å². The summed E-state index contributed by atoms with van der Waals surface area (Å²) in [6.07, 6.45) is 0.823. The lowest BCUT2D eigenvalue weighted by Crippen LogP contribution is -2.07. The molecular weight excluding hydrogens is 308 g/mol.